The van der Waals surface area contributed by atoms with Gasteiger partial charge in [-0.15, -0.1) is 0 Å². The van der Waals surface area contributed by atoms with Crippen LogP contribution in [-0.2, 0) is 0 Å². The minimum absolute atomic E-state index is 0.341. The van der Waals surface area contributed by atoms with E-state index in [-0.39, 0.29) is 0 Å². The summed E-state index contributed by atoms with van der Waals surface area (Å²) in [6.45, 7) is 2.10. The number of anilines is 1. The summed E-state index contributed by atoms with van der Waals surface area (Å²) in [7, 11) is 0. The standard InChI is InChI=1S/C15H13NS2/c1-11-7-9-12(10-8-11)16-13-5-3-2-4-6-14(13)18-15(16)17/h2-10,14H,1H3. The van der Waals surface area contributed by atoms with Crippen LogP contribution >= 0.6 is 24.0 Å². The topological polar surface area (TPSA) is 3.24 Å². The summed E-state index contributed by atoms with van der Waals surface area (Å²) in [5, 5.41) is 0.341. The molecule has 0 saturated carbocycles. The first-order valence-corrected chi connectivity index (χ1v) is 7.17. The fourth-order valence-corrected chi connectivity index (χ4v) is 3.62. The first kappa shape index (κ1) is 11.8. The third kappa shape index (κ3) is 2.04. The molecule has 0 radical (unpaired) electrons. The number of thiocarbonyl (C=S) groups is 1. The largest absolute Gasteiger partial charge is 0.298 e. The quantitative estimate of drug-likeness (QED) is 0.704. The van der Waals surface area contributed by atoms with Crippen molar-refractivity contribution in [2.45, 2.75) is 12.2 Å². The van der Waals surface area contributed by atoms with E-state index in [0.29, 0.717) is 5.25 Å². The Hall–Kier alpha value is -1.32. The number of benzene rings is 1. The van der Waals surface area contributed by atoms with Crippen molar-refractivity contribution >= 4 is 34.0 Å². The van der Waals surface area contributed by atoms with Crippen molar-refractivity contribution in [2.24, 2.45) is 0 Å². The Kier molecular flexibility index (Phi) is 3.10. The zero-order valence-corrected chi connectivity index (χ0v) is 11.7. The molecule has 18 heavy (non-hydrogen) atoms. The number of hydrogen-bond acceptors (Lipinski definition) is 2. The smallest absolute Gasteiger partial charge is 0.146 e. The van der Waals surface area contributed by atoms with Crippen molar-refractivity contribution in [1.82, 2.24) is 0 Å². The van der Waals surface area contributed by atoms with Gasteiger partial charge >= 0.3 is 0 Å². The summed E-state index contributed by atoms with van der Waals surface area (Å²) in [5.41, 5.74) is 3.66. The second-order valence-corrected chi connectivity index (χ2v) is 6.11. The first-order chi connectivity index (χ1) is 8.75. The maximum Gasteiger partial charge on any atom is 0.146 e. The number of nitrogens with zero attached hydrogens (tertiary/aromatic N) is 1. The summed E-state index contributed by atoms with van der Waals surface area (Å²) in [5.74, 6) is 0. The van der Waals surface area contributed by atoms with E-state index in [1.165, 1.54) is 11.3 Å². The maximum absolute atomic E-state index is 5.50. The van der Waals surface area contributed by atoms with E-state index < -0.39 is 0 Å². The summed E-state index contributed by atoms with van der Waals surface area (Å²) < 4.78 is 0.926. The van der Waals surface area contributed by atoms with Crippen LogP contribution in [0.4, 0.5) is 5.69 Å². The number of hydrogen-bond donors (Lipinski definition) is 0. The first-order valence-electron chi connectivity index (χ1n) is 5.88. The Morgan fingerprint density at radius 1 is 1.11 bits per heavy atom. The number of fused-ring (bicyclic) bond motifs is 1. The average molecular weight is 271 g/mol. The van der Waals surface area contributed by atoms with Gasteiger partial charge in [0.15, 0.2) is 0 Å². The monoisotopic (exact) mass is 271 g/mol. The Morgan fingerprint density at radius 3 is 2.67 bits per heavy atom. The lowest BCUT2D eigenvalue weighted by molar-refractivity contribution is 1.17. The van der Waals surface area contributed by atoms with Crippen LogP contribution in [0.5, 0.6) is 0 Å². The zero-order valence-electron chi connectivity index (χ0n) is 10.0. The molecule has 1 aromatic rings. The van der Waals surface area contributed by atoms with Gasteiger partial charge in [-0.2, -0.15) is 0 Å². The minimum atomic E-state index is 0.341. The van der Waals surface area contributed by atoms with Gasteiger partial charge in [0.25, 0.3) is 0 Å². The fourth-order valence-electron chi connectivity index (χ4n) is 2.09. The molecule has 1 nitrogen and oxygen atoms in total. The van der Waals surface area contributed by atoms with Gasteiger partial charge in [0, 0.05) is 11.4 Å². The molecule has 0 aromatic heterocycles. The maximum atomic E-state index is 5.50. The van der Waals surface area contributed by atoms with Crippen LogP contribution in [0.2, 0.25) is 0 Å². The van der Waals surface area contributed by atoms with Gasteiger partial charge in [-0.25, -0.2) is 0 Å². The van der Waals surface area contributed by atoms with E-state index in [1.54, 1.807) is 11.8 Å². The minimum Gasteiger partial charge on any atom is -0.298 e. The molecule has 0 N–H and O–H groups in total. The molecule has 0 bridgehead atoms. The van der Waals surface area contributed by atoms with Crippen molar-refractivity contribution in [3.63, 3.8) is 0 Å². The fraction of sp³-hybridized carbons (Fsp3) is 0.133. The normalized spacial score (nSPS) is 21.8. The number of rotatable bonds is 1. The van der Waals surface area contributed by atoms with E-state index in [2.05, 4.69) is 66.5 Å². The van der Waals surface area contributed by atoms with Gasteiger partial charge in [0.2, 0.25) is 0 Å². The molecule has 1 fully saturated rings. The Morgan fingerprint density at radius 2 is 1.89 bits per heavy atom. The van der Waals surface area contributed by atoms with Crippen LogP contribution in [0, 0.1) is 6.92 Å². The Balaban J connectivity index is 2.03. The SMILES string of the molecule is Cc1ccc(N2C(=S)SC3C=CC=CC=C32)cc1. The van der Waals surface area contributed by atoms with Crippen molar-refractivity contribution in [3.05, 3.63) is 65.9 Å². The van der Waals surface area contributed by atoms with E-state index in [4.69, 9.17) is 12.2 Å². The molecule has 1 aliphatic carbocycles. The molecule has 1 atom stereocenters. The predicted molar refractivity (Wildman–Crippen MR) is 84.0 cm³/mol. The molecule has 1 unspecified atom stereocenters. The lowest BCUT2D eigenvalue weighted by Gasteiger charge is -2.20. The predicted octanol–water partition coefficient (Wildman–Crippen LogP) is 4.21. The van der Waals surface area contributed by atoms with Gasteiger partial charge in [-0.1, -0.05) is 66.0 Å². The molecule has 3 heteroatoms. The molecule has 0 spiro atoms. The third-order valence-corrected chi connectivity index (χ3v) is 4.54. The molecule has 90 valence electrons. The van der Waals surface area contributed by atoms with Crippen LogP contribution in [0.15, 0.2) is 60.3 Å². The summed E-state index contributed by atoms with van der Waals surface area (Å²) >= 11 is 7.24. The Labute approximate surface area is 117 Å². The van der Waals surface area contributed by atoms with Crippen molar-refractivity contribution in [2.75, 3.05) is 4.90 Å². The number of allylic oxidation sites excluding steroid dienone is 4. The molecular formula is C15H13NS2. The molecule has 1 heterocycles. The molecule has 3 rings (SSSR count). The zero-order chi connectivity index (χ0) is 12.5. The van der Waals surface area contributed by atoms with Gasteiger partial charge in [-0.05, 0) is 25.1 Å². The molecule has 1 saturated heterocycles. The molecule has 2 aliphatic rings. The Bertz CT molecular complexity index is 567. The second kappa shape index (κ2) is 4.75. The van der Waals surface area contributed by atoms with Crippen molar-refractivity contribution in [1.29, 1.82) is 0 Å². The summed E-state index contributed by atoms with van der Waals surface area (Å²) in [6, 6.07) is 8.51. The van der Waals surface area contributed by atoms with Crippen LogP contribution in [-0.4, -0.2) is 9.57 Å². The summed E-state index contributed by atoms with van der Waals surface area (Å²) in [4.78, 5) is 2.17. The van der Waals surface area contributed by atoms with Gasteiger partial charge in [0.05, 0.1) is 5.25 Å². The van der Waals surface area contributed by atoms with Crippen LogP contribution in [0.25, 0.3) is 0 Å². The van der Waals surface area contributed by atoms with Gasteiger partial charge in [-0.3, -0.25) is 4.90 Å². The highest BCUT2D eigenvalue weighted by atomic mass is 32.2. The van der Waals surface area contributed by atoms with E-state index >= 15 is 0 Å². The lowest BCUT2D eigenvalue weighted by atomic mass is 10.2. The highest BCUT2D eigenvalue weighted by Gasteiger charge is 2.32. The van der Waals surface area contributed by atoms with E-state index in [0.717, 1.165) is 10.0 Å². The number of thioether (sulfide) groups is 1. The molecule has 1 aromatic carbocycles. The number of aryl methyl sites for hydroxylation is 1. The summed E-state index contributed by atoms with van der Waals surface area (Å²) in [6.07, 6.45) is 10.6. The highest BCUT2D eigenvalue weighted by Crippen LogP contribution is 2.39. The molecule has 1 aliphatic heterocycles. The molecule has 0 amide bonds. The van der Waals surface area contributed by atoms with Crippen molar-refractivity contribution in [3.8, 4) is 0 Å². The highest BCUT2D eigenvalue weighted by molar-refractivity contribution is 8.24. The van der Waals surface area contributed by atoms with E-state index in [9.17, 15) is 0 Å². The lowest BCUT2D eigenvalue weighted by Crippen LogP contribution is -2.21. The third-order valence-electron chi connectivity index (χ3n) is 3.03. The van der Waals surface area contributed by atoms with E-state index in [1.807, 2.05) is 0 Å². The van der Waals surface area contributed by atoms with Crippen molar-refractivity contribution < 1.29 is 0 Å². The van der Waals surface area contributed by atoms with Crippen LogP contribution in [0.1, 0.15) is 5.56 Å². The van der Waals surface area contributed by atoms with Gasteiger partial charge < -0.3 is 0 Å². The average Bonchev–Trinajstić information content (AvgIpc) is 2.54. The molecular weight excluding hydrogens is 258 g/mol. The van der Waals surface area contributed by atoms with Gasteiger partial charge in [0.1, 0.15) is 4.32 Å². The van der Waals surface area contributed by atoms with Crippen LogP contribution in [0.3, 0.4) is 0 Å². The second-order valence-electron chi connectivity index (χ2n) is 4.34. The van der Waals surface area contributed by atoms with Crippen LogP contribution < -0.4 is 4.90 Å².